The maximum Gasteiger partial charge on any atom is 0.227 e. The van der Waals surface area contributed by atoms with Crippen LogP contribution in [-0.4, -0.2) is 36.0 Å². The summed E-state index contributed by atoms with van der Waals surface area (Å²) < 4.78 is 0. The molecule has 0 bridgehead atoms. The van der Waals surface area contributed by atoms with E-state index in [1.54, 1.807) is 18.6 Å². The van der Waals surface area contributed by atoms with E-state index in [1.807, 2.05) is 42.6 Å². The van der Waals surface area contributed by atoms with E-state index in [0.29, 0.717) is 5.69 Å². The van der Waals surface area contributed by atoms with Crippen molar-refractivity contribution in [1.29, 1.82) is 0 Å². The number of anilines is 1. The summed E-state index contributed by atoms with van der Waals surface area (Å²) in [5.41, 5.74) is 7.85. The number of amides is 1. The highest BCUT2D eigenvalue weighted by Gasteiger charge is 2.21. The number of nitrogens with one attached hydrogen (secondary N) is 3. The Labute approximate surface area is 224 Å². The molecule has 1 aliphatic rings. The Bertz CT molecular complexity index is 1800. The molecule has 8 heteroatoms. The van der Waals surface area contributed by atoms with E-state index in [4.69, 9.17) is 0 Å². The van der Waals surface area contributed by atoms with Crippen LogP contribution in [0.3, 0.4) is 0 Å². The predicted octanol–water partition coefficient (Wildman–Crippen LogP) is 6.75. The Morgan fingerprint density at radius 1 is 0.846 bits per heavy atom. The predicted molar refractivity (Wildman–Crippen MR) is 153 cm³/mol. The summed E-state index contributed by atoms with van der Waals surface area (Å²) in [6, 6.07) is 18.2. The minimum Gasteiger partial charge on any atom is -0.353 e. The molecule has 0 unspecified atom stereocenters. The third-order valence-electron chi connectivity index (χ3n) is 7.58. The molecular weight excluding hydrogens is 486 g/mol. The van der Waals surface area contributed by atoms with Gasteiger partial charge in [-0.3, -0.25) is 24.8 Å². The molecule has 5 aromatic heterocycles. The summed E-state index contributed by atoms with van der Waals surface area (Å²) in [5, 5.41) is 12.8. The van der Waals surface area contributed by atoms with Gasteiger partial charge in [0.05, 0.1) is 40.7 Å². The number of fused-ring (bicyclic) bond motifs is 2. The van der Waals surface area contributed by atoms with Crippen LogP contribution >= 0.6 is 0 Å². The molecule has 0 spiro atoms. The van der Waals surface area contributed by atoms with Gasteiger partial charge < -0.3 is 10.3 Å². The number of nitrogens with zero attached hydrogens (tertiary/aromatic N) is 4. The molecular formula is C31H27N7O. The summed E-state index contributed by atoms with van der Waals surface area (Å²) in [7, 11) is 0. The van der Waals surface area contributed by atoms with Crippen LogP contribution in [0, 0.1) is 5.92 Å². The first-order valence-electron chi connectivity index (χ1n) is 13.4. The first-order chi connectivity index (χ1) is 19.2. The highest BCUT2D eigenvalue weighted by atomic mass is 16.1. The van der Waals surface area contributed by atoms with Crippen molar-refractivity contribution in [1.82, 2.24) is 30.1 Å². The summed E-state index contributed by atoms with van der Waals surface area (Å²) in [5.74, 6) is 0.165. The lowest BCUT2D eigenvalue weighted by Gasteiger charge is -2.20. The third-order valence-corrected chi connectivity index (χ3v) is 7.58. The molecule has 1 fully saturated rings. The molecule has 7 rings (SSSR count). The van der Waals surface area contributed by atoms with Gasteiger partial charge in [0.25, 0.3) is 0 Å². The van der Waals surface area contributed by atoms with Gasteiger partial charge in [0.1, 0.15) is 5.69 Å². The molecule has 1 amide bonds. The zero-order chi connectivity index (χ0) is 26.2. The summed E-state index contributed by atoms with van der Waals surface area (Å²) in [6.45, 7) is 0. The summed E-state index contributed by atoms with van der Waals surface area (Å²) in [6.07, 6.45) is 12.4. The van der Waals surface area contributed by atoms with Crippen LogP contribution in [0.2, 0.25) is 0 Å². The lowest BCUT2D eigenvalue weighted by Crippen LogP contribution is -2.24. The van der Waals surface area contributed by atoms with Gasteiger partial charge in [-0.15, -0.1) is 0 Å². The largest absolute Gasteiger partial charge is 0.353 e. The maximum atomic E-state index is 12.8. The van der Waals surface area contributed by atoms with Crippen molar-refractivity contribution in [2.24, 2.45) is 5.92 Å². The quantitative estimate of drug-likeness (QED) is 0.236. The molecule has 39 heavy (non-hydrogen) atoms. The molecule has 0 atom stereocenters. The Kier molecular flexibility index (Phi) is 5.85. The number of hydrogen-bond acceptors (Lipinski definition) is 5. The van der Waals surface area contributed by atoms with Gasteiger partial charge in [0, 0.05) is 45.7 Å². The van der Waals surface area contributed by atoms with Gasteiger partial charge in [0.2, 0.25) is 5.91 Å². The molecule has 8 nitrogen and oxygen atoms in total. The Hall–Kier alpha value is -4.85. The number of hydrogen-bond donors (Lipinski definition) is 3. The molecule has 3 N–H and O–H groups in total. The Morgan fingerprint density at radius 2 is 1.77 bits per heavy atom. The normalized spacial score (nSPS) is 14.2. The van der Waals surface area contributed by atoms with Crippen LogP contribution in [0.25, 0.3) is 55.7 Å². The van der Waals surface area contributed by atoms with Gasteiger partial charge in [-0.2, -0.15) is 5.10 Å². The third kappa shape index (κ3) is 4.44. The van der Waals surface area contributed by atoms with Crippen molar-refractivity contribution < 1.29 is 4.79 Å². The fourth-order valence-corrected chi connectivity index (χ4v) is 5.57. The number of H-pyrrole nitrogens is 2. The number of carbonyl (C=O) groups is 1. The highest BCUT2D eigenvalue weighted by molar-refractivity contribution is 6.01. The van der Waals surface area contributed by atoms with Crippen molar-refractivity contribution in [2.75, 3.05) is 5.32 Å². The first-order valence-corrected chi connectivity index (χ1v) is 13.4. The standard InChI is InChI=1S/C31H27N7O/c39-31(19-7-2-1-3-8-19)35-21-13-20(16-32-17-21)27-15-24-29(18-34-27)37-38-30(24)28-14-23-22(9-6-11-26(23)36-28)25-10-4-5-12-33-25/h4-6,9-19,36H,1-3,7-8H2,(H,35,39)(H,37,38). The highest BCUT2D eigenvalue weighted by Crippen LogP contribution is 2.34. The zero-order valence-electron chi connectivity index (χ0n) is 21.3. The second kappa shape index (κ2) is 9.79. The molecule has 1 aliphatic carbocycles. The molecule has 0 aliphatic heterocycles. The average molecular weight is 514 g/mol. The smallest absolute Gasteiger partial charge is 0.227 e. The molecule has 192 valence electrons. The van der Waals surface area contributed by atoms with Crippen LogP contribution in [0.5, 0.6) is 0 Å². The first kappa shape index (κ1) is 23.3. The number of rotatable bonds is 5. The molecule has 6 aromatic rings. The lowest BCUT2D eigenvalue weighted by molar-refractivity contribution is -0.120. The van der Waals surface area contributed by atoms with E-state index >= 15 is 0 Å². The van der Waals surface area contributed by atoms with E-state index < -0.39 is 0 Å². The number of aromatic amines is 2. The molecule has 5 heterocycles. The van der Waals surface area contributed by atoms with Gasteiger partial charge in [-0.05, 0) is 49.2 Å². The molecule has 0 radical (unpaired) electrons. The molecule has 0 saturated heterocycles. The van der Waals surface area contributed by atoms with E-state index in [9.17, 15) is 4.79 Å². The van der Waals surface area contributed by atoms with Crippen molar-refractivity contribution in [2.45, 2.75) is 32.1 Å². The Balaban J connectivity index is 1.23. The van der Waals surface area contributed by atoms with E-state index in [2.05, 4.69) is 53.6 Å². The van der Waals surface area contributed by atoms with Crippen LogP contribution in [0.1, 0.15) is 32.1 Å². The minimum absolute atomic E-state index is 0.0815. The van der Waals surface area contributed by atoms with Crippen LogP contribution in [0.15, 0.2) is 79.4 Å². The van der Waals surface area contributed by atoms with Crippen molar-refractivity contribution >= 4 is 33.4 Å². The van der Waals surface area contributed by atoms with E-state index in [0.717, 1.165) is 81.4 Å². The summed E-state index contributed by atoms with van der Waals surface area (Å²) >= 11 is 0. The van der Waals surface area contributed by atoms with Crippen LogP contribution in [0.4, 0.5) is 5.69 Å². The number of aromatic nitrogens is 6. The van der Waals surface area contributed by atoms with Gasteiger partial charge in [-0.1, -0.05) is 37.5 Å². The lowest BCUT2D eigenvalue weighted by atomic mass is 9.88. The second-order valence-corrected chi connectivity index (χ2v) is 10.1. The van der Waals surface area contributed by atoms with Crippen molar-refractivity contribution in [3.05, 3.63) is 79.4 Å². The molecule has 1 saturated carbocycles. The van der Waals surface area contributed by atoms with E-state index in [1.165, 1.54) is 6.42 Å². The topological polar surface area (TPSA) is 112 Å². The molecule has 1 aromatic carbocycles. The van der Waals surface area contributed by atoms with E-state index in [-0.39, 0.29) is 11.8 Å². The van der Waals surface area contributed by atoms with Crippen molar-refractivity contribution in [3.8, 4) is 33.9 Å². The zero-order valence-corrected chi connectivity index (χ0v) is 21.3. The fourth-order valence-electron chi connectivity index (χ4n) is 5.57. The monoisotopic (exact) mass is 513 g/mol. The SMILES string of the molecule is O=C(Nc1cncc(-c2cc3c(-c4cc5c(-c6ccccn6)cccc5[nH]4)n[nH]c3cn2)c1)C1CCCCC1. The van der Waals surface area contributed by atoms with Gasteiger partial charge in [0.15, 0.2) is 0 Å². The Morgan fingerprint density at radius 3 is 2.64 bits per heavy atom. The number of benzene rings is 1. The second-order valence-electron chi connectivity index (χ2n) is 10.1. The van der Waals surface area contributed by atoms with Crippen LogP contribution < -0.4 is 5.32 Å². The van der Waals surface area contributed by atoms with Gasteiger partial charge in [-0.25, -0.2) is 0 Å². The number of carbonyl (C=O) groups excluding carboxylic acids is 1. The maximum absolute atomic E-state index is 12.8. The van der Waals surface area contributed by atoms with Crippen LogP contribution in [-0.2, 0) is 4.79 Å². The van der Waals surface area contributed by atoms with Gasteiger partial charge >= 0.3 is 0 Å². The fraction of sp³-hybridized carbons (Fsp3) is 0.194. The minimum atomic E-state index is 0.0815. The van der Waals surface area contributed by atoms with Crippen molar-refractivity contribution in [3.63, 3.8) is 0 Å². The number of pyridine rings is 3. The average Bonchev–Trinajstić information content (AvgIpc) is 3.62. The summed E-state index contributed by atoms with van der Waals surface area (Å²) in [4.78, 5) is 29.9.